The number of carbonyl (C=O) groups excluding carboxylic acids is 2. The van der Waals surface area contributed by atoms with Crippen molar-refractivity contribution in [1.82, 2.24) is 15.0 Å². The monoisotopic (exact) mass is 374 g/mol. The second-order valence-electron chi connectivity index (χ2n) is 7.29. The SMILES string of the molecule is Cc1cccc(C2C(C(=O)C3CC3)=C(O)C(=O)N2c2ccc3[nH]cnc3c2)n1. The number of ketones is 1. The number of anilines is 1. The molecule has 3 heterocycles. The third-order valence-electron chi connectivity index (χ3n) is 5.29. The van der Waals surface area contributed by atoms with Gasteiger partial charge in [0, 0.05) is 17.3 Å². The van der Waals surface area contributed by atoms with Crippen LogP contribution in [0.2, 0.25) is 0 Å². The van der Waals surface area contributed by atoms with E-state index in [-0.39, 0.29) is 17.3 Å². The van der Waals surface area contributed by atoms with Crippen molar-refractivity contribution in [3.8, 4) is 0 Å². The molecule has 1 atom stereocenters. The predicted molar refractivity (Wildman–Crippen MR) is 103 cm³/mol. The van der Waals surface area contributed by atoms with Crippen LogP contribution in [-0.4, -0.2) is 31.7 Å². The maximum atomic E-state index is 13.0. The summed E-state index contributed by atoms with van der Waals surface area (Å²) in [5.41, 5.74) is 3.58. The van der Waals surface area contributed by atoms with Crippen molar-refractivity contribution in [2.45, 2.75) is 25.8 Å². The van der Waals surface area contributed by atoms with E-state index in [4.69, 9.17) is 0 Å². The van der Waals surface area contributed by atoms with E-state index in [1.54, 1.807) is 24.5 Å². The van der Waals surface area contributed by atoms with Crippen molar-refractivity contribution in [2.24, 2.45) is 5.92 Å². The molecular weight excluding hydrogens is 356 g/mol. The van der Waals surface area contributed by atoms with E-state index >= 15 is 0 Å². The number of imidazole rings is 1. The number of hydrogen-bond donors (Lipinski definition) is 2. The van der Waals surface area contributed by atoms with Crippen LogP contribution in [0, 0.1) is 12.8 Å². The molecule has 1 amide bonds. The summed E-state index contributed by atoms with van der Waals surface area (Å²) in [6.07, 6.45) is 3.16. The molecule has 1 unspecified atom stereocenters. The Hall–Kier alpha value is -3.48. The largest absolute Gasteiger partial charge is 0.503 e. The minimum absolute atomic E-state index is 0.119. The van der Waals surface area contributed by atoms with Crippen LogP contribution < -0.4 is 4.90 Å². The van der Waals surface area contributed by atoms with Crippen LogP contribution >= 0.6 is 0 Å². The highest BCUT2D eigenvalue weighted by molar-refractivity contribution is 6.17. The van der Waals surface area contributed by atoms with Gasteiger partial charge in [0.05, 0.1) is 28.6 Å². The lowest BCUT2D eigenvalue weighted by Gasteiger charge is -2.26. The van der Waals surface area contributed by atoms with E-state index < -0.39 is 17.7 Å². The Kier molecular flexibility index (Phi) is 3.58. The molecule has 5 rings (SSSR count). The number of pyridine rings is 1. The topological polar surface area (TPSA) is 99.2 Å². The number of amides is 1. The van der Waals surface area contributed by atoms with Crippen LogP contribution in [0.5, 0.6) is 0 Å². The molecular formula is C21H18N4O3. The first-order chi connectivity index (χ1) is 13.5. The fraction of sp³-hybridized carbons (Fsp3) is 0.238. The Bertz CT molecular complexity index is 1160. The smallest absolute Gasteiger partial charge is 0.294 e. The molecule has 7 nitrogen and oxygen atoms in total. The van der Waals surface area contributed by atoms with Gasteiger partial charge in [0.1, 0.15) is 6.04 Å². The molecule has 2 N–H and O–H groups in total. The highest BCUT2D eigenvalue weighted by Gasteiger charge is 2.48. The number of aliphatic hydroxyl groups excluding tert-OH is 1. The lowest BCUT2D eigenvalue weighted by Crippen LogP contribution is -2.31. The molecule has 2 aromatic heterocycles. The van der Waals surface area contributed by atoms with Gasteiger partial charge in [-0.05, 0) is 50.1 Å². The van der Waals surface area contributed by atoms with Crippen molar-refractivity contribution in [3.63, 3.8) is 0 Å². The molecule has 2 aliphatic rings. The van der Waals surface area contributed by atoms with Crippen molar-refractivity contribution in [3.05, 3.63) is 65.4 Å². The number of aromatic nitrogens is 3. The van der Waals surface area contributed by atoms with Gasteiger partial charge in [0.25, 0.3) is 5.91 Å². The van der Waals surface area contributed by atoms with Gasteiger partial charge >= 0.3 is 0 Å². The van der Waals surface area contributed by atoms with Crippen LogP contribution in [0.4, 0.5) is 5.69 Å². The highest BCUT2D eigenvalue weighted by atomic mass is 16.3. The first-order valence-corrected chi connectivity index (χ1v) is 9.22. The average Bonchev–Trinajstić information content (AvgIpc) is 3.38. The van der Waals surface area contributed by atoms with Gasteiger partial charge in [0.2, 0.25) is 0 Å². The van der Waals surface area contributed by atoms with Crippen molar-refractivity contribution >= 4 is 28.4 Å². The number of hydrogen-bond acceptors (Lipinski definition) is 5. The third-order valence-corrected chi connectivity index (χ3v) is 5.29. The Morgan fingerprint density at radius 3 is 2.82 bits per heavy atom. The van der Waals surface area contributed by atoms with Crippen molar-refractivity contribution in [1.29, 1.82) is 0 Å². The van der Waals surface area contributed by atoms with Crippen LogP contribution in [0.1, 0.15) is 30.3 Å². The summed E-state index contributed by atoms with van der Waals surface area (Å²) >= 11 is 0. The molecule has 28 heavy (non-hydrogen) atoms. The summed E-state index contributed by atoms with van der Waals surface area (Å²) in [6.45, 7) is 1.85. The maximum absolute atomic E-state index is 13.0. The summed E-state index contributed by atoms with van der Waals surface area (Å²) in [4.78, 5) is 39.2. The zero-order valence-electron chi connectivity index (χ0n) is 15.2. The molecule has 140 valence electrons. The van der Waals surface area contributed by atoms with Gasteiger partial charge in [-0.2, -0.15) is 0 Å². The zero-order valence-corrected chi connectivity index (χ0v) is 15.2. The molecule has 1 aliphatic heterocycles. The number of benzene rings is 1. The number of rotatable bonds is 4. The number of aromatic amines is 1. The van der Waals surface area contributed by atoms with E-state index in [1.807, 2.05) is 25.1 Å². The second-order valence-corrected chi connectivity index (χ2v) is 7.29. The van der Waals surface area contributed by atoms with E-state index in [9.17, 15) is 14.7 Å². The van der Waals surface area contributed by atoms with Crippen molar-refractivity contribution in [2.75, 3.05) is 4.90 Å². The highest BCUT2D eigenvalue weighted by Crippen LogP contribution is 2.44. The number of Topliss-reactive ketones (excluding diaryl/α,β-unsaturated/α-hetero) is 1. The van der Waals surface area contributed by atoms with Crippen molar-refractivity contribution < 1.29 is 14.7 Å². The number of fused-ring (bicyclic) bond motifs is 1. The number of aryl methyl sites for hydroxylation is 1. The average molecular weight is 374 g/mol. The fourth-order valence-corrected chi connectivity index (χ4v) is 3.76. The first-order valence-electron chi connectivity index (χ1n) is 9.22. The number of aliphatic hydroxyl groups is 1. The summed E-state index contributed by atoms with van der Waals surface area (Å²) < 4.78 is 0. The molecule has 7 heteroatoms. The number of carbonyl (C=O) groups is 2. The summed E-state index contributed by atoms with van der Waals surface area (Å²) in [6, 6.07) is 10.1. The quantitative estimate of drug-likeness (QED) is 0.731. The van der Waals surface area contributed by atoms with Crippen LogP contribution in [-0.2, 0) is 9.59 Å². The number of nitrogens with one attached hydrogen (secondary N) is 1. The van der Waals surface area contributed by atoms with Crippen LogP contribution in [0.25, 0.3) is 11.0 Å². The standard InChI is InChI=1S/C21H18N4O3/c1-11-3-2-4-15(24-11)18-17(19(26)12-5-6-12)20(27)21(28)25(18)13-7-8-14-16(9-13)23-10-22-14/h2-4,7-10,12,18,27H,5-6H2,1H3,(H,22,23). The number of nitrogens with zero attached hydrogens (tertiary/aromatic N) is 3. The fourth-order valence-electron chi connectivity index (χ4n) is 3.76. The Morgan fingerprint density at radius 2 is 2.07 bits per heavy atom. The van der Waals surface area contributed by atoms with E-state index in [0.29, 0.717) is 16.9 Å². The van der Waals surface area contributed by atoms with Gasteiger partial charge < -0.3 is 10.1 Å². The Balaban J connectivity index is 1.68. The maximum Gasteiger partial charge on any atom is 0.294 e. The van der Waals surface area contributed by atoms with Crippen LogP contribution in [0.3, 0.4) is 0 Å². The minimum Gasteiger partial charge on any atom is -0.503 e. The Morgan fingerprint density at radius 1 is 1.25 bits per heavy atom. The van der Waals surface area contributed by atoms with E-state index in [1.165, 1.54) is 4.90 Å². The van der Waals surface area contributed by atoms with Gasteiger partial charge in [-0.15, -0.1) is 0 Å². The van der Waals surface area contributed by atoms with Gasteiger partial charge in [0.15, 0.2) is 11.5 Å². The summed E-state index contributed by atoms with van der Waals surface area (Å²) in [7, 11) is 0. The van der Waals surface area contributed by atoms with Gasteiger partial charge in [-0.3, -0.25) is 19.5 Å². The second kappa shape index (κ2) is 6.02. The van der Waals surface area contributed by atoms with Gasteiger partial charge in [-0.25, -0.2) is 4.98 Å². The van der Waals surface area contributed by atoms with E-state index in [0.717, 1.165) is 24.1 Å². The number of H-pyrrole nitrogens is 1. The molecule has 1 fully saturated rings. The molecule has 0 saturated heterocycles. The lowest BCUT2D eigenvalue weighted by molar-refractivity contribution is -0.118. The molecule has 0 radical (unpaired) electrons. The molecule has 3 aromatic rings. The normalized spacial score (nSPS) is 19.7. The summed E-state index contributed by atoms with van der Waals surface area (Å²) in [5.74, 6) is -1.35. The zero-order chi connectivity index (χ0) is 19.4. The summed E-state index contributed by atoms with van der Waals surface area (Å²) in [5, 5.41) is 10.6. The molecule has 1 saturated carbocycles. The molecule has 1 aromatic carbocycles. The Labute approximate surface area is 160 Å². The third kappa shape index (κ3) is 2.51. The van der Waals surface area contributed by atoms with Crippen LogP contribution in [0.15, 0.2) is 54.1 Å². The molecule has 0 bridgehead atoms. The van der Waals surface area contributed by atoms with Gasteiger partial charge in [-0.1, -0.05) is 6.07 Å². The lowest BCUT2D eigenvalue weighted by atomic mass is 9.97. The first kappa shape index (κ1) is 16.7. The molecule has 1 aliphatic carbocycles. The predicted octanol–water partition coefficient (Wildman–Crippen LogP) is 3.15. The molecule has 0 spiro atoms. The minimum atomic E-state index is -0.753. The van der Waals surface area contributed by atoms with E-state index in [2.05, 4.69) is 15.0 Å².